The number of carbonyl (C=O) groups excluding carboxylic acids is 1. The SMILES string of the molecule is Cc1ccc(C)c(N=C2NC(=O)/C(=C\c3ccc(-c4ccc(Cl)c(Cl)c4)o3)S2)c1. The first-order valence-corrected chi connectivity index (χ1v) is 10.4. The summed E-state index contributed by atoms with van der Waals surface area (Å²) in [5.41, 5.74) is 3.82. The van der Waals surface area contributed by atoms with E-state index in [0.29, 0.717) is 31.6 Å². The van der Waals surface area contributed by atoms with E-state index in [2.05, 4.69) is 10.3 Å². The molecule has 146 valence electrons. The highest BCUT2D eigenvalue weighted by atomic mass is 35.5. The molecule has 3 aromatic rings. The van der Waals surface area contributed by atoms with Crippen LogP contribution in [-0.2, 0) is 4.79 Å². The topological polar surface area (TPSA) is 54.6 Å². The zero-order chi connectivity index (χ0) is 20.5. The molecule has 2 heterocycles. The maximum atomic E-state index is 12.3. The fraction of sp³-hybridized carbons (Fsp3) is 0.0909. The number of halogens is 2. The van der Waals surface area contributed by atoms with Gasteiger partial charge in [0.1, 0.15) is 11.5 Å². The van der Waals surface area contributed by atoms with Crippen molar-refractivity contribution in [3.8, 4) is 11.3 Å². The number of amides is 1. The molecule has 0 aliphatic carbocycles. The molecule has 0 unspecified atom stereocenters. The summed E-state index contributed by atoms with van der Waals surface area (Å²) in [4.78, 5) is 17.4. The van der Waals surface area contributed by atoms with Gasteiger partial charge in [-0.25, -0.2) is 4.99 Å². The van der Waals surface area contributed by atoms with E-state index < -0.39 is 0 Å². The smallest absolute Gasteiger partial charge is 0.264 e. The van der Waals surface area contributed by atoms with Crippen LogP contribution in [0.5, 0.6) is 0 Å². The molecule has 1 saturated heterocycles. The number of hydrogen-bond acceptors (Lipinski definition) is 4. The number of rotatable bonds is 3. The summed E-state index contributed by atoms with van der Waals surface area (Å²) in [6.45, 7) is 4.00. The summed E-state index contributed by atoms with van der Waals surface area (Å²) >= 11 is 13.3. The molecular weight excluding hydrogens is 427 g/mol. The highest BCUT2D eigenvalue weighted by Gasteiger charge is 2.24. The normalized spacial score (nSPS) is 16.6. The van der Waals surface area contributed by atoms with Gasteiger partial charge in [-0.1, -0.05) is 35.3 Å². The Morgan fingerprint density at radius 2 is 1.86 bits per heavy atom. The van der Waals surface area contributed by atoms with Gasteiger partial charge >= 0.3 is 0 Å². The average Bonchev–Trinajstić information content (AvgIpc) is 3.28. The second-order valence-corrected chi connectivity index (χ2v) is 8.45. The van der Waals surface area contributed by atoms with Gasteiger partial charge in [0.15, 0.2) is 5.17 Å². The standard InChI is InChI=1S/C22H16Cl2N2O2S/c1-12-3-4-13(2)18(9-12)25-22-26-21(27)20(29-22)11-15-6-8-19(28-15)14-5-7-16(23)17(24)10-14/h3-11H,1-2H3,(H,25,26,27)/b20-11+. The van der Waals surface area contributed by atoms with E-state index in [0.717, 1.165) is 22.4 Å². The summed E-state index contributed by atoms with van der Waals surface area (Å²) in [6, 6.07) is 15.0. The first-order valence-electron chi connectivity index (χ1n) is 8.81. The summed E-state index contributed by atoms with van der Waals surface area (Å²) in [7, 11) is 0. The molecular formula is C22H16Cl2N2O2S. The Hall–Kier alpha value is -2.47. The number of nitrogens with one attached hydrogen (secondary N) is 1. The Morgan fingerprint density at radius 3 is 2.66 bits per heavy atom. The van der Waals surface area contributed by atoms with Gasteiger partial charge in [0.2, 0.25) is 0 Å². The molecule has 1 N–H and O–H groups in total. The quantitative estimate of drug-likeness (QED) is 0.455. The lowest BCUT2D eigenvalue weighted by Crippen LogP contribution is -2.19. The number of hydrogen-bond donors (Lipinski definition) is 1. The van der Waals surface area contributed by atoms with Crippen LogP contribution in [0.2, 0.25) is 10.0 Å². The van der Waals surface area contributed by atoms with E-state index in [9.17, 15) is 4.79 Å². The molecule has 0 radical (unpaired) electrons. The average molecular weight is 443 g/mol. The highest BCUT2D eigenvalue weighted by Crippen LogP contribution is 2.32. The zero-order valence-electron chi connectivity index (χ0n) is 15.6. The molecule has 29 heavy (non-hydrogen) atoms. The minimum Gasteiger partial charge on any atom is -0.457 e. The second-order valence-electron chi connectivity index (χ2n) is 6.60. The number of furan rings is 1. The minimum absolute atomic E-state index is 0.202. The van der Waals surface area contributed by atoms with Gasteiger partial charge in [-0.15, -0.1) is 0 Å². The van der Waals surface area contributed by atoms with Crippen LogP contribution in [0.25, 0.3) is 17.4 Å². The van der Waals surface area contributed by atoms with E-state index in [-0.39, 0.29) is 5.91 Å². The van der Waals surface area contributed by atoms with Gasteiger partial charge in [-0.2, -0.15) is 0 Å². The molecule has 0 saturated carbocycles. The molecule has 2 aromatic carbocycles. The maximum Gasteiger partial charge on any atom is 0.264 e. The Balaban J connectivity index is 1.57. The molecule has 1 fully saturated rings. The van der Waals surface area contributed by atoms with Crippen molar-refractivity contribution >= 4 is 57.8 Å². The first kappa shape index (κ1) is 19.8. The van der Waals surface area contributed by atoms with Gasteiger partial charge in [0.05, 0.1) is 20.6 Å². The van der Waals surface area contributed by atoms with Crippen LogP contribution in [0.4, 0.5) is 5.69 Å². The van der Waals surface area contributed by atoms with E-state index >= 15 is 0 Å². The summed E-state index contributed by atoms with van der Waals surface area (Å²) in [6.07, 6.45) is 1.70. The van der Waals surface area contributed by atoms with Crippen LogP contribution in [0.15, 0.2) is 62.8 Å². The summed E-state index contributed by atoms with van der Waals surface area (Å²) in [5.74, 6) is 1.01. The molecule has 0 atom stereocenters. The largest absolute Gasteiger partial charge is 0.457 e. The van der Waals surface area contributed by atoms with Crippen molar-refractivity contribution in [3.05, 3.63) is 80.4 Å². The number of aryl methyl sites for hydroxylation is 2. The van der Waals surface area contributed by atoms with Crippen molar-refractivity contribution in [3.63, 3.8) is 0 Å². The first-order chi connectivity index (χ1) is 13.9. The second kappa shape index (κ2) is 8.11. The van der Waals surface area contributed by atoms with Gasteiger partial charge in [0, 0.05) is 11.6 Å². The van der Waals surface area contributed by atoms with Crippen LogP contribution < -0.4 is 5.32 Å². The molecule has 4 rings (SSSR count). The Labute approximate surface area is 182 Å². The van der Waals surface area contributed by atoms with Gasteiger partial charge < -0.3 is 9.73 Å². The minimum atomic E-state index is -0.202. The van der Waals surface area contributed by atoms with Crippen molar-refractivity contribution in [2.24, 2.45) is 4.99 Å². The lowest BCUT2D eigenvalue weighted by atomic mass is 10.1. The number of carbonyl (C=O) groups is 1. The molecule has 0 bridgehead atoms. The summed E-state index contributed by atoms with van der Waals surface area (Å²) < 4.78 is 5.85. The molecule has 1 aliphatic rings. The van der Waals surface area contributed by atoms with Crippen molar-refractivity contribution in [2.45, 2.75) is 13.8 Å². The third-order valence-corrected chi connectivity index (χ3v) is 5.99. The van der Waals surface area contributed by atoms with Gasteiger partial charge in [0.25, 0.3) is 5.91 Å². The highest BCUT2D eigenvalue weighted by molar-refractivity contribution is 8.18. The van der Waals surface area contributed by atoms with Gasteiger partial charge in [-0.05, 0) is 73.1 Å². The fourth-order valence-corrected chi connectivity index (χ4v) is 3.91. The summed E-state index contributed by atoms with van der Waals surface area (Å²) in [5, 5.41) is 4.29. The van der Waals surface area contributed by atoms with Crippen molar-refractivity contribution in [1.82, 2.24) is 5.32 Å². The Kier molecular flexibility index (Phi) is 5.54. The molecule has 1 amide bonds. The molecule has 7 heteroatoms. The van der Waals surface area contributed by atoms with Crippen molar-refractivity contribution in [2.75, 3.05) is 0 Å². The lowest BCUT2D eigenvalue weighted by molar-refractivity contribution is -0.115. The third-order valence-electron chi connectivity index (χ3n) is 4.34. The van der Waals surface area contributed by atoms with Crippen molar-refractivity contribution in [1.29, 1.82) is 0 Å². The van der Waals surface area contributed by atoms with Crippen molar-refractivity contribution < 1.29 is 9.21 Å². The van der Waals surface area contributed by atoms with Crippen LogP contribution in [-0.4, -0.2) is 11.1 Å². The number of thioether (sulfide) groups is 1. The predicted molar refractivity (Wildman–Crippen MR) is 121 cm³/mol. The zero-order valence-corrected chi connectivity index (χ0v) is 18.0. The Morgan fingerprint density at radius 1 is 1.03 bits per heavy atom. The maximum absolute atomic E-state index is 12.3. The van der Waals surface area contributed by atoms with E-state index in [1.54, 1.807) is 24.3 Å². The van der Waals surface area contributed by atoms with Crippen LogP contribution in [0, 0.1) is 13.8 Å². The van der Waals surface area contributed by atoms with Crippen LogP contribution >= 0.6 is 35.0 Å². The van der Waals surface area contributed by atoms with E-state index in [1.807, 2.05) is 44.2 Å². The number of amidine groups is 1. The predicted octanol–water partition coefficient (Wildman–Crippen LogP) is 6.76. The van der Waals surface area contributed by atoms with Crippen LogP contribution in [0.1, 0.15) is 16.9 Å². The van der Waals surface area contributed by atoms with E-state index in [1.165, 1.54) is 11.8 Å². The number of benzene rings is 2. The number of nitrogens with zero attached hydrogens (tertiary/aromatic N) is 1. The fourth-order valence-electron chi connectivity index (χ4n) is 2.79. The third kappa shape index (κ3) is 4.42. The van der Waals surface area contributed by atoms with Gasteiger partial charge in [-0.3, -0.25) is 4.79 Å². The lowest BCUT2D eigenvalue weighted by Gasteiger charge is -2.02. The monoisotopic (exact) mass is 442 g/mol. The number of aliphatic imine (C=N–C) groups is 1. The Bertz CT molecular complexity index is 1180. The molecule has 1 aromatic heterocycles. The molecule has 4 nitrogen and oxygen atoms in total. The van der Waals surface area contributed by atoms with E-state index in [4.69, 9.17) is 27.6 Å². The van der Waals surface area contributed by atoms with Crippen LogP contribution in [0.3, 0.4) is 0 Å². The molecule has 1 aliphatic heterocycles. The molecule has 0 spiro atoms.